The van der Waals surface area contributed by atoms with Crippen molar-refractivity contribution in [2.75, 3.05) is 18.0 Å². The predicted octanol–water partition coefficient (Wildman–Crippen LogP) is 3.14. The smallest absolute Gasteiger partial charge is 0.352 e. The molecule has 148 valence electrons. The van der Waals surface area contributed by atoms with Crippen LogP contribution in [0, 0.1) is 13.8 Å². The lowest BCUT2D eigenvalue weighted by atomic mass is 9.86. The van der Waals surface area contributed by atoms with Gasteiger partial charge >= 0.3 is 6.18 Å². The summed E-state index contributed by atoms with van der Waals surface area (Å²) in [5.41, 5.74) is 0.574. The van der Waals surface area contributed by atoms with Gasteiger partial charge < -0.3 is 9.80 Å². The first kappa shape index (κ1) is 18.7. The molecule has 5 rings (SSSR count). The molecule has 3 fully saturated rings. The molecule has 3 aliphatic rings. The summed E-state index contributed by atoms with van der Waals surface area (Å²) >= 11 is 0. The van der Waals surface area contributed by atoms with E-state index in [2.05, 4.69) is 14.9 Å². The molecule has 0 aliphatic carbocycles. The fraction of sp³-hybridized carbons (Fsp3) is 0.450. The van der Waals surface area contributed by atoms with Gasteiger partial charge in [0.2, 0.25) is 5.91 Å². The average Bonchev–Trinajstić information content (AvgIpc) is 2.60. The second-order valence-electron chi connectivity index (χ2n) is 7.54. The van der Waals surface area contributed by atoms with Gasteiger partial charge in [0.25, 0.3) is 0 Å². The van der Waals surface area contributed by atoms with Crippen molar-refractivity contribution in [3.05, 3.63) is 53.0 Å². The number of hydrogen-bond donors (Lipinski definition) is 0. The molecule has 28 heavy (non-hydrogen) atoms. The lowest BCUT2D eigenvalue weighted by Gasteiger charge is -2.56. The minimum atomic E-state index is -4.40. The van der Waals surface area contributed by atoms with Gasteiger partial charge in [0.1, 0.15) is 11.6 Å². The molecule has 0 spiro atoms. The van der Waals surface area contributed by atoms with E-state index < -0.39 is 11.7 Å². The van der Waals surface area contributed by atoms with Crippen molar-refractivity contribution in [3.63, 3.8) is 0 Å². The molecule has 0 radical (unpaired) electrons. The molecule has 2 aromatic rings. The number of carbonyl (C=O) groups excluding carboxylic acids is 1. The molecule has 4 heterocycles. The number of benzene rings is 1. The van der Waals surface area contributed by atoms with Crippen LogP contribution in [0.5, 0.6) is 0 Å². The number of amides is 1. The van der Waals surface area contributed by atoms with Gasteiger partial charge in [0.05, 0.1) is 24.1 Å². The first-order valence-corrected chi connectivity index (χ1v) is 9.25. The highest BCUT2D eigenvalue weighted by atomic mass is 19.4. The van der Waals surface area contributed by atoms with Crippen molar-refractivity contribution >= 4 is 11.7 Å². The molecular weight excluding hydrogens is 369 g/mol. The largest absolute Gasteiger partial charge is 0.416 e. The van der Waals surface area contributed by atoms with E-state index in [1.54, 1.807) is 6.07 Å². The number of anilines is 1. The van der Waals surface area contributed by atoms with Gasteiger partial charge in [-0.15, -0.1) is 0 Å². The van der Waals surface area contributed by atoms with Gasteiger partial charge in [-0.2, -0.15) is 13.2 Å². The topological polar surface area (TPSA) is 49.3 Å². The number of halogens is 3. The molecule has 2 unspecified atom stereocenters. The fourth-order valence-electron chi connectivity index (χ4n) is 4.19. The normalized spacial score (nSPS) is 21.5. The number of piperidine rings is 1. The van der Waals surface area contributed by atoms with E-state index in [0.29, 0.717) is 24.5 Å². The molecule has 1 aromatic carbocycles. The number of piperazine rings is 1. The molecule has 5 nitrogen and oxygen atoms in total. The van der Waals surface area contributed by atoms with Gasteiger partial charge in [0.15, 0.2) is 0 Å². The molecule has 8 heteroatoms. The molecule has 1 amide bonds. The standard InChI is InChI=1S/C20H21F3N4O/c1-12-6-18(25-13(2)24-12)26-10-16-9-17(11-26)27(16)19(28)8-14-4-3-5-15(7-14)20(21,22)23/h3-7,16-17H,8-11H2,1-2H3. The van der Waals surface area contributed by atoms with Gasteiger partial charge in [-0.05, 0) is 31.9 Å². The van der Waals surface area contributed by atoms with E-state index in [-0.39, 0.29) is 24.4 Å². The highest BCUT2D eigenvalue weighted by Crippen LogP contribution is 2.35. The Hall–Kier alpha value is -2.64. The summed E-state index contributed by atoms with van der Waals surface area (Å²) in [5.74, 6) is 1.46. The molecule has 0 N–H and O–H groups in total. The Morgan fingerprint density at radius 2 is 1.86 bits per heavy atom. The van der Waals surface area contributed by atoms with Crippen molar-refractivity contribution in [1.29, 1.82) is 0 Å². The van der Waals surface area contributed by atoms with Crippen LogP contribution in [0.2, 0.25) is 0 Å². The van der Waals surface area contributed by atoms with Crippen molar-refractivity contribution in [3.8, 4) is 0 Å². The number of aryl methyl sites for hydroxylation is 2. The van der Waals surface area contributed by atoms with Crippen LogP contribution in [0.1, 0.15) is 29.1 Å². The fourth-order valence-corrected chi connectivity index (χ4v) is 4.19. The Morgan fingerprint density at radius 1 is 1.14 bits per heavy atom. The average molecular weight is 390 g/mol. The maximum Gasteiger partial charge on any atom is 0.416 e. The minimum absolute atomic E-state index is 0.0113. The monoisotopic (exact) mass is 390 g/mol. The van der Waals surface area contributed by atoms with Crippen molar-refractivity contribution < 1.29 is 18.0 Å². The summed E-state index contributed by atoms with van der Waals surface area (Å²) in [6.45, 7) is 5.14. The van der Waals surface area contributed by atoms with E-state index in [1.165, 1.54) is 6.07 Å². The van der Waals surface area contributed by atoms with Gasteiger partial charge in [-0.3, -0.25) is 4.79 Å². The Kier molecular flexibility index (Phi) is 4.51. The maximum atomic E-state index is 12.9. The highest BCUT2D eigenvalue weighted by Gasteiger charge is 2.47. The highest BCUT2D eigenvalue weighted by molar-refractivity contribution is 5.81. The van der Waals surface area contributed by atoms with E-state index in [4.69, 9.17) is 0 Å². The summed E-state index contributed by atoms with van der Waals surface area (Å²) in [5, 5.41) is 0. The summed E-state index contributed by atoms with van der Waals surface area (Å²) in [4.78, 5) is 25.5. The SMILES string of the molecule is Cc1cc(N2CC3CC(C2)N3C(=O)Cc2cccc(C(F)(F)F)c2)nc(C)n1. The van der Waals surface area contributed by atoms with Crippen LogP contribution in [0.4, 0.5) is 19.0 Å². The van der Waals surface area contributed by atoms with E-state index in [0.717, 1.165) is 30.1 Å². The number of rotatable bonds is 3. The molecular formula is C20H21F3N4O. The third-order valence-electron chi connectivity index (χ3n) is 5.37. The quantitative estimate of drug-likeness (QED) is 0.808. The third kappa shape index (κ3) is 3.55. The third-order valence-corrected chi connectivity index (χ3v) is 5.37. The Balaban J connectivity index is 1.43. The number of fused-ring (bicyclic) bond motifs is 2. The zero-order valence-electron chi connectivity index (χ0n) is 15.7. The number of nitrogens with zero attached hydrogens (tertiary/aromatic N) is 4. The Morgan fingerprint density at radius 3 is 2.50 bits per heavy atom. The summed E-state index contributed by atoms with van der Waals surface area (Å²) < 4.78 is 38.6. The number of carbonyl (C=O) groups is 1. The van der Waals surface area contributed by atoms with Crippen LogP contribution in [-0.4, -0.2) is 45.9 Å². The number of aromatic nitrogens is 2. The van der Waals surface area contributed by atoms with Crippen LogP contribution >= 0.6 is 0 Å². The maximum absolute atomic E-state index is 12.9. The van der Waals surface area contributed by atoms with Gasteiger partial charge in [-0.25, -0.2) is 9.97 Å². The molecule has 3 saturated heterocycles. The van der Waals surface area contributed by atoms with Crippen LogP contribution in [0.3, 0.4) is 0 Å². The molecule has 0 saturated carbocycles. The van der Waals surface area contributed by atoms with Gasteiger partial charge in [0, 0.05) is 24.8 Å². The van der Waals surface area contributed by atoms with Crippen LogP contribution in [0.25, 0.3) is 0 Å². The summed E-state index contributed by atoms with van der Waals surface area (Å²) in [6, 6.07) is 7.10. The first-order chi connectivity index (χ1) is 13.2. The van der Waals surface area contributed by atoms with E-state index in [9.17, 15) is 18.0 Å². The summed E-state index contributed by atoms with van der Waals surface area (Å²) in [7, 11) is 0. The van der Waals surface area contributed by atoms with Crippen molar-refractivity contribution in [2.24, 2.45) is 0 Å². The van der Waals surface area contributed by atoms with E-state index >= 15 is 0 Å². The zero-order chi connectivity index (χ0) is 20.1. The van der Waals surface area contributed by atoms with Crippen LogP contribution in [-0.2, 0) is 17.4 Å². The second kappa shape index (κ2) is 6.76. The Labute approximate surface area is 161 Å². The molecule has 1 aromatic heterocycles. The number of hydrogen-bond acceptors (Lipinski definition) is 4. The number of alkyl halides is 3. The van der Waals surface area contributed by atoms with Crippen molar-refractivity contribution in [2.45, 2.75) is 44.9 Å². The minimum Gasteiger partial charge on any atom is -0.352 e. The van der Waals surface area contributed by atoms with Crippen LogP contribution in [0.15, 0.2) is 30.3 Å². The van der Waals surface area contributed by atoms with E-state index in [1.807, 2.05) is 24.8 Å². The van der Waals surface area contributed by atoms with Crippen LogP contribution < -0.4 is 4.90 Å². The molecule has 2 atom stereocenters. The second-order valence-corrected chi connectivity index (χ2v) is 7.54. The summed E-state index contributed by atoms with van der Waals surface area (Å²) in [6.07, 6.45) is -3.49. The molecule has 2 bridgehead atoms. The Bertz CT molecular complexity index is 882. The first-order valence-electron chi connectivity index (χ1n) is 9.25. The lowest BCUT2D eigenvalue weighted by Crippen LogP contribution is -2.70. The van der Waals surface area contributed by atoms with Gasteiger partial charge in [-0.1, -0.05) is 18.2 Å². The van der Waals surface area contributed by atoms with Crippen molar-refractivity contribution in [1.82, 2.24) is 14.9 Å². The predicted molar refractivity (Wildman–Crippen MR) is 97.9 cm³/mol. The molecule has 3 aliphatic heterocycles. The zero-order valence-corrected chi connectivity index (χ0v) is 15.7. The lowest BCUT2D eigenvalue weighted by molar-refractivity contribution is -0.145.